The van der Waals surface area contributed by atoms with E-state index in [9.17, 15) is 9.59 Å². The van der Waals surface area contributed by atoms with Crippen molar-refractivity contribution >= 4 is 45.7 Å². The number of aromatic nitrogens is 2. The monoisotopic (exact) mass is 366 g/mol. The van der Waals surface area contributed by atoms with Gasteiger partial charge in [0.1, 0.15) is 5.82 Å². The first kappa shape index (κ1) is 17.7. The van der Waals surface area contributed by atoms with Crippen LogP contribution >= 0.6 is 22.9 Å². The van der Waals surface area contributed by atoms with Crippen molar-refractivity contribution in [3.63, 3.8) is 0 Å². The maximum atomic E-state index is 11.8. The molecule has 0 fully saturated rings. The van der Waals surface area contributed by atoms with Crippen molar-refractivity contribution in [2.24, 2.45) is 0 Å². The molecule has 10 heteroatoms. The van der Waals surface area contributed by atoms with Gasteiger partial charge in [0, 0.05) is 23.3 Å². The van der Waals surface area contributed by atoms with Gasteiger partial charge in [0.15, 0.2) is 5.13 Å². The predicted molar refractivity (Wildman–Crippen MR) is 93.1 cm³/mol. The molecule has 24 heavy (non-hydrogen) atoms. The zero-order chi connectivity index (χ0) is 17.5. The number of rotatable bonds is 6. The second-order valence-electron chi connectivity index (χ2n) is 4.71. The number of thiazole rings is 1. The van der Waals surface area contributed by atoms with Gasteiger partial charge >= 0.3 is 0 Å². The highest BCUT2D eigenvalue weighted by Gasteiger charge is 2.07. The number of nitrogens with one attached hydrogen (secondary N) is 3. The molecular weight excluding hydrogens is 352 g/mol. The smallest absolute Gasteiger partial charge is 0.251 e. The summed E-state index contributed by atoms with van der Waals surface area (Å²) < 4.78 is 0. The number of carbonyl (C=O) groups excluding carboxylic acids is 2. The summed E-state index contributed by atoms with van der Waals surface area (Å²) >= 11 is 6.98. The molecule has 0 aliphatic carbocycles. The van der Waals surface area contributed by atoms with Crippen molar-refractivity contribution in [3.8, 4) is 0 Å². The third-order valence-electron chi connectivity index (χ3n) is 2.64. The SMILES string of the molecule is CC(=CC(=O)Nc1ccc(Cl)cn1)NNC(=O)Cc1csc(N)n1. The van der Waals surface area contributed by atoms with Crippen molar-refractivity contribution < 1.29 is 9.59 Å². The van der Waals surface area contributed by atoms with Gasteiger partial charge in [-0.25, -0.2) is 9.97 Å². The van der Waals surface area contributed by atoms with Crippen LogP contribution in [0.3, 0.4) is 0 Å². The average molecular weight is 367 g/mol. The van der Waals surface area contributed by atoms with Crippen LogP contribution in [0.15, 0.2) is 35.5 Å². The summed E-state index contributed by atoms with van der Waals surface area (Å²) in [4.78, 5) is 31.5. The van der Waals surface area contributed by atoms with Gasteiger partial charge in [-0.2, -0.15) is 0 Å². The summed E-state index contributed by atoms with van der Waals surface area (Å²) in [5.74, 6) is -0.317. The molecule has 2 aromatic heterocycles. The Balaban J connectivity index is 1.79. The van der Waals surface area contributed by atoms with Crippen LogP contribution in [0.25, 0.3) is 0 Å². The third kappa shape index (κ3) is 5.86. The quantitative estimate of drug-likeness (QED) is 0.453. The second kappa shape index (κ2) is 8.27. The number of nitrogens with two attached hydrogens (primary N) is 1. The number of hydrogen-bond donors (Lipinski definition) is 4. The van der Waals surface area contributed by atoms with E-state index in [0.717, 1.165) is 0 Å². The molecule has 2 rings (SSSR count). The van der Waals surface area contributed by atoms with Crippen LogP contribution < -0.4 is 21.9 Å². The fourth-order valence-electron chi connectivity index (χ4n) is 1.63. The highest BCUT2D eigenvalue weighted by Crippen LogP contribution is 2.11. The molecule has 0 aliphatic heterocycles. The van der Waals surface area contributed by atoms with Gasteiger partial charge < -0.3 is 16.5 Å². The first-order chi connectivity index (χ1) is 11.4. The van der Waals surface area contributed by atoms with Gasteiger partial charge in [-0.05, 0) is 19.1 Å². The molecule has 0 spiro atoms. The maximum absolute atomic E-state index is 11.8. The van der Waals surface area contributed by atoms with Crippen LogP contribution in [0.2, 0.25) is 5.02 Å². The van der Waals surface area contributed by atoms with Crippen LogP contribution in [-0.4, -0.2) is 21.8 Å². The summed E-state index contributed by atoms with van der Waals surface area (Å²) in [6.07, 6.45) is 2.81. The van der Waals surface area contributed by atoms with Crippen molar-refractivity contribution in [2.45, 2.75) is 13.3 Å². The molecule has 0 saturated heterocycles. The lowest BCUT2D eigenvalue weighted by atomic mass is 10.3. The van der Waals surface area contributed by atoms with E-state index < -0.39 is 5.91 Å². The number of carbonyl (C=O) groups is 2. The van der Waals surface area contributed by atoms with Crippen LogP contribution in [-0.2, 0) is 16.0 Å². The molecular formula is C14H15ClN6O2S. The van der Waals surface area contributed by atoms with E-state index in [1.54, 1.807) is 24.4 Å². The normalized spacial score (nSPS) is 11.0. The van der Waals surface area contributed by atoms with E-state index in [-0.39, 0.29) is 12.3 Å². The number of amides is 2. The Bertz CT molecular complexity index is 759. The lowest BCUT2D eigenvalue weighted by molar-refractivity contribution is -0.121. The van der Waals surface area contributed by atoms with E-state index in [1.807, 2.05) is 0 Å². The topological polar surface area (TPSA) is 122 Å². The second-order valence-corrected chi connectivity index (χ2v) is 6.03. The average Bonchev–Trinajstić information content (AvgIpc) is 2.92. The molecule has 2 amide bonds. The third-order valence-corrected chi connectivity index (χ3v) is 3.58. The molecule has 8 nitrogen and oxygen atoms in total. The summed E-state index contributed by atoms with van der Waals surface area (Å²) in [7, 11) is 0. The summed E-state index contributed by atoms with van der Waals surface area (Å²) in [6.45, 7) is 1.63. The Hall–Kier alpha value is -2.65. The number of hydrogen-bond acceptors (Lipinski definition) is 7. The summed E-state index contributed by atoms with van der Waals surface area (Å²) in [5, 5.41) is 5.17. The Labute approximate surface area is 147 Å². The first-order valence-electron chi connectivity index (χ1n) is 6.78. The minimum absolute atomic E-state index is 0.0921. The Morgan fingerprint density at radius 3 is 2.79 bits per heavy atom. The molecule has 126 valence electrons. The van der Waals surface area contributed by atoms with E-state index in [4.69, 9.17) is 17.3 Å². The highest BCUT2D eigenvalue weighted by atomic mass is 35.5. The Morgan fingerprint density at radius 2 is 2.17 bits per heavy atom. The fraction of sp³-hybridized carbons (Fsp3) is 0.143. The molecule has 5 N–H and O–H groups in total. The van der Waals surface area contributed by atoms with Gasteiger partial charge in [-0.15, -0.1) is 11.3 Å². The highest BCUT2D eigenvalue weighted by molar-refractivity contribution is 7.13. The van der Waals surface area contributed by atoms with E-state index >= 15 is 0 Å². The van der Waals surface area contributed by atoms with E-state index in [0.29, 0.717) is 27.4 Å². The number of nitrogens with zero attached hydrogens (tertiary/aromatic N) is 2. The Morgan fingerprint density at radius 1 is 1.38 bits per heavy atom. The standard InChI is InChI=1S/C14H15ClN6O2S/c1-8(4-12(22)19-11-3-2-9(15)6-17-11)20-21-13(23)5-10-7-24-14(16)18-10/h2-4,6-7,20H,5H2,1H3,(H2,16,18)(H,21,23)(H,17,19,22). The number of pyridine rings is 1. The maximum Gasteiger partial charge on any atom is 0.251 e. The zero-order valence-electron chi connectivity index (χ0n) is 12.7. The van der Waals surface area contributed by atoms with Crippen molar-refractivity contribution in [2.75, 3.05) is 11.1 Å². The first-order valence-corrected chi connectivity index (χ1v) is 8.03. The number of allylic oxidation sites excluding steroid dienone is 1. The van der Waals surface area contributed by atoms with Crippen molar-refractivity contribution in [3.05, 3.63) is 46.2 Å². The fourth-order valence-corrected chi connectivity index (χ4v) is 2.30. The molecule has 2 heterocycles. The number of anilines is 2. The molecule has 0 bridgehead atoms. The lowest BCUT2D eigenvalue weighted by Gasteiger charge is -2.08. The number of hydrazine groups is 1. The molecule has 0 aromatic carbocycles. The molecule has 0 saturated carbocycles. The summed E-state index contributed by atoms with van der Waals surface area (Å²) in [5.41, 5.74) is 11.6. The lowest BCUT2D eigenvalue weighted by Crippen LogP contribution is -2.37. The minimum atomic E-state index is -0.392. The van der Waals surface area contributed by atoms with Crippen LogP contribution in [0.1, 0.15) is 12.6 Å². The van der Waals surface area contributed by atoms with Crippen molar-refractivity contribution in [1.29, 1.82) is 0 Å². The van der Waals surface area contributed by atoms with Gasteiger partial charge in [-0.3, -0.25) is 15.0 Å². The van der Waals surface area contributed by atoms with Crippen molar-refractivity contribution in [1.82, 2.24) is 20.8 Å². The zero-order valence-corrected chi connectivity index (χ0v) is 14.2. The van der Waals surface area contributed by atoms with Gasteiger partial charge in [-0.1, -0.05) is 11.6 Å². The predicted octanol–water partition coefficient (Wildman–Crippen LogP) is 1.48. The van der Waals surface area contributed by atoms with Gasteiger partial charge in [0.2, 0.25) is 5.91 Å². The van der Waals surface area contributed by atoms with Gasteiger partial charge in [0.05, 0.1) is 17.1 Å². The van der Waals surface area contributed by atoms with E-state index in [2.05, 4.69) is 26.1 Å². The van der Waals surface area contributed by atoms with Crippen LogP contribution in [0, 0.1) is 0 Å². The number of nitrogen functional groups attached to an aromatic ring is 1. The molecule has 0 radical (unpaired) electrons. The minimum Gasteiger partial charge on any atom is -0.375 e. The summed E-state index contributed by atoms with van der Waals surface area (Å²) in [6, 6.07) is 3.20. The van der Waals surface area contributed by atoms with E-state index in [1.165, 1.54) is 23.6 Å². The van der Waals surface area contributed by atoms with Crippen LogP contribution in [0.5, 0.6) is 0 Å². The molecule has 0 atom stereocenters. The molecule has 2 aromatic rings. The molecule has 0 aliphatic rings. The van der Waals surface area contributed by atoms with Gasteiger partial charge in [0.25, 0.3) is 5.91 Å². The largest absolute Gasteiger partial charge is 0.375 e. The van der Waals surface area contributed by atoms with Crippen LogP contribution in [0.4, 0.5) is 10.9 Å². The number of halogens is 1. The molecule has 0 unspecified atom stereocenters. The Kier molecular flexibility index (Phi) is 6.10.